The SMILES string of the molecule is CC(C)(C)NC(=O)C(=O)C(C[C@@H]1CCCNC1=O)NC(=O)[C@H](Cc1ccccc1)NC(=O)c1cn2cc(Br)ccc2n1. The lowest BCUT2D eigenvalue weighted by atomic mass is 9.89. The highest BCUT2D eigenvalue weighted by Gasteiger charge is 2.36. The first-order valence-electron chi connectivity index (χ1n) is 13.8. The van der Waals surface area contributed by atoms with Crippen LogP contribution in [0.25, 0.3) is 5.65 Å². The van der Waals surface area contributed by atoms with Gasteiger partial charge >= 0.3 is 0 Å². The number of fused-ring (bicyclic) bond motifs is 1. The molecule has 1 aliphatic rings. The smallest absolute Gasteiger partial charge is 0.290 e. The fourth-order valence-corrected chi connectivity index (χ4v) is 5.13. The van der Waals surface area contributed by atoms with E-state index < -0.39 is 47.0 Å². The zero-order valence-electron chi connectivity index (χ0n) is 23.8. The molecular weight excluding hydrogens is 604 g/mol. The molecule has 0 bridgehead atoms. The summed E-state index contributed by atoms with van der Waals surface area (Å²) in [6.45, 7) is 5.76. The third kappa shape index (κ3) is 8.25. The number of hydrogen-bond acceptors (Lipinski definition) is 6. The molecule has 222 valence electrons. The number of rotatable bonds is 10. The molecule has 1 fully saturated rings. The first kappa shape index (κ1) is 30.9. The van der Waals surface area contributed by atoms with Crippen molar-refractivity contribution < 1.29 is 24.0 Å². The number of carbonyl (C=O) groups excluding carboxylic acids is 5. The minimum atomic E-state index is -1.27. The molecule has 0 radical (unpaired) electrons. The lowest BCUT2D eigenvalue weighted by Gasteiger charge is -2.28. The van der Waals surface area contributed by atoms with E-state index in [1.54, 1.807) is 49.7 Å². The van der Waals surface area contributed by atoms with Crippen molar-refractivity contribution in [3.8, 4) is 0 Å². The molecule has 4 N–H and O–H groups in total. The fraction of sp³-hybridized carbons (Fsp3) is 0.400. The Morgan fingerprint density at radius 3 is 2.48 bits per heavy atom. The fourth-order valence-electron chi connectivity index (χ4n) is 4.77. The van der Waals surface area contributed by atoms with Crippen molar-refractivity contribution in [3.05, 3.63) is 70.6 Å². The van der Waals surface area contributed by atoms with E-state index in [1.165, 1.54) is 0 Å². The highest BCUT2D eigenvalue weighted by atomic mass is 79.9. The number of amides is 4. The van der Waals surface area contributed by atoms with Gasteiger partial charge in [-0.2, -0.15) is 0 Å². The molecular formula is C30H35BrN6O5. The van der Waals surface area contributed by atoms with Crippen molar-refractivity contribution in [2.75, 3.05) is 6.54 Å². The molecule has 2 aromatic heterocycles. The Morgan fingerprint density at radius 1 is 1.05 bits per heavy atom. The predicted molar refractivity (Wildman–Crippen MR) is 159 cm³/mol. The van der Waals surface area contributed by atoms with E-state index in [9.17, 15) is 24.0 Å². The lowest BCUT2D eigenvalue weighted by molar-refractivity contribution is -0.142. The summed E-state index contributed by atoms with van der Waals surface area (Å²) in [5.74, 6) is -3.72. The van der Waals surface area contributed by atoms with Crippen LogP contribution < -0.4 is 21.3 Å². The molecule has 0 aliphatic carbocycles. The summed E-state index contributed by atoms with van der Waals surface area (Å²) in [7, 11) is 0. The van der Waals surface area contributed by atoms with Crippen LogP contribution in [0.2, 0.25) is 0 Å². The average molecular weight is 640 g/mol. The van der Waals surface area contributed by atoms with Gasteiger partial charge in [0, 0.05) is 41.3 Å². The average Bonchev–Trinajstić information content (AvgIpc) is 3.36. The van der Waals surface area contributed by atoms with E-state index in [0.717, 1.165) is 16.5 Å². The first-order chi connectivity index (χ1) is 19.9. The third-order valence-corrected chi connectivity index (χ3v) is 7.29. The maximum atomic E-state index is 13.7. The van der Waals surface area contributed by atoms with Gasteiger partial charge in [0.2, 0.25) is 17.6 Å². The molecule has 11 nitrogen and oxygen atoms in total. The number of pyridine rings is 1. The van der Waals surface area contributed by atoms with E-state index in [1.807, 2.05) is 30.3 Å². The second-order valence-corrected chi connectivity index (χ2v) is 12.4. The van der Waals surface area contributed by atoms with Crippen LogP contribution in [0.1, 0.15) is 56.1 Å². The normalized spacial score (nSPS) is 16.7. The Labute approximate surface area is 252 Å². The quantitative estimate of drug-likeness (QED) is 0.250. The number of imidazole rings is 1. The van der Waals surface area contributed by atoms with E-state index in [2.05, 4.69) is 42.2 Å². The second-order valence-electron chi connectivity index (χ2n) is 11.5. The first-order valence-corrected chi connectivity index (χ1v) is 14.6. The van der Waals surface area contributed by atoms with Gasteiger partial charge in [-0.15, -0.1) is 0 Å². The van der Waals surface area contributed by atoms with Crippen LogP contribution in [0, 0.1) is 5.92 Å². The number of aromatic nitrogens is 2. The molecule has 3 aromatic rings. The van der Waals surface area contributed by atoms with Crippen molar-refractivity contribution >= 4 is 51.0 Å². The highest BCUT2D eigenvalue weighted by Crippen LogP contribution is 2.19. The molecule has 0 saturated carbocycles. The number of nitrogens with one attached hydrogen (secondary N) is 4. The number of halogens is 1. The van der Waals surface area contributed by atoms with Crippen LogP contribution in [-0.2, 0) is 25.6 Å². The molecule has 0 spiro atoms. The largest absolute Gasteiger partial charge is 0.356 e. The van der Waals surface area contributed by atoms with Gasteiger partial charge in [0.1, 0.15) is 17.4 Å². The van der Waals surface area contributed by atoms with Crippen LogP contribution in [0.5, 0.6) is 0 Å². The molecule has 3 atom stereocenters. The van der Waals surface area contributed by atoms with Crippen molar-refractivity contribution in [3.63, 3.8) is 0 Å². The third-order valence-electron chi connectivity index (χ3n) is 6.82. The number of piperidine rings is 1. The van der Waals surface area contributed by atoms with Gasteiger partial charge in [-0.1, -0.05) is 30.3 Å². The van der Waals surface area contributed by atoms with Gasteiger partial charge < -0.3 is 25.7 Å². The summed E-state index contributed by atoms with van der Waals surface area (Å²) in [4.78, 5) is 70.0. The number of ketones is 1. The number of hydrogen-bond donors (Lipinski definition) is 4. The second kappa shape index (κ2) is 13.3. The van der Waals surface area contributed by atoms with Crippen LogP contribution >= 0.6 is 15.9 Å². The zero-order valence-corrected chi connectivity index (χ0v) is 25.4. The number of nitrogens with zero attached hydrogens (tertiary/aromatic N) is 2. The number of benzene rings is 1. The van der Waals surface area contributed by atoms with Crippen LogP contribution in [-0.4, -0.2) is 63.0 Å². The molecule has 3 heterocycles. The Kier molecular flexibility index (Phi) is 9.77. The van der Waals surface area contributed by atoms with Gasteiger partial charge in [0.05, 0.1) is 6.04 Å². The maximum Gasteiger partial charge on any atom is 0.290 e. The van der Waals surface area contributed by atoms with Gasteiger partial charge in [0.15, 0.2) is 0 Å². The summed E-state index contributed by atoms with van der Waals surface area (Å²) in [5, 5.41) is 10.9. The minimum Gasteiger partial charge on any atom is -0.356 e. The van der Waals surface area contributed by atoms with Gasteiger partial charge in [-0.3, -0.25) is 24.0 Å². The van der Waals surface area contributed by atoms with Crippen LogP contribution in [0.4, 0.5) is 0 Å². The van der Waals surface area contributed by atoms with E-state index in [-0.39, 0.29) is 24.4 Å². The summed E-state index contributed by atoms with van der Waals surface area (Å²) in [5.41, 5.74) is 0.748. The maximum absolute atomic E-state index is 13.7. The molecule has 42 heavy (non-hydrogen) atoms. The van der Waals surface area contributed by atoms with Gasteiger partial charge in [-0.25, -0.2) is 4.98 Å². The molecule has 1 unspecified atom stereocenters. The predicted octanol–water partition coefficient (Wildman–Crippen LogP) is 2.32. The van der Waals surface area contributed by atoms with Crippen LogP contribution in [0.3, 0.4) is 0 Å². The van der Waals surface area contributed by atoms with Crippen molar-refractivity contribution in [1.29, 1.82) is 0 Å². The monoisotopic (exact) mass is 638 g/mol. The summed E-state index contributed by atoms with van der Waals surface area (Å²) in [6, 6.07) is 10.3. The number of carbonyl (C=O) groups is 5. The zero-order chi connectivity index (χ0) is 30.4. The van der Waals surface area contributed by atoms with Crippen LogP contribution in [0.15, 0.2) is 59.3 Å². The number of Topliss-reactive ketones (excluding diaryl/α,β-unsaturated/α-hetero) is 1. The molecule has 4 amide bonds. The van der Waals surface area contributed by atoms with Crippen molar-refractivity contribution in [1.82, 2.24) is 30.7 Å². The lowest BCUT2D eigenvalue weighted by Crippen LogP contribution is -2.57. The molecule has 12 heteroatoms. The standard InChI is InChI=1S/C30H35BrN6O5/c1-30(2,3)36-29(42)25(38)21(15-19-10-7-13-32-26(19)39)34-27(40)22(14-18-8-5-4-6-9-18)35-28(41)23-17-37-16-20(31)11-12-24(37)33-23/h4-6,8-9,11-12,16-17,19,21-22H,7,10,13-15H2,1-3H3,(H,32,39)(H,34,40)(H,35,41)(H,36,42)/t19-,21?,22-/m0/s1. The van der Waals surface area contributed by atoms with E-state index in [4.69, 9.17) is 0 Å². The molecule has 4 rings (SSSR count). The molecule has 1 saturated heterocycles. The highest BCUT2D eigenvalue weighted by molar-refractivity contribution is 9.10. The Hall–Kier alpha value is -4.06. The van der Waals surface area contributed by atoms with Gasteiger partial charge in [-0.05, 0) is 73.7 Å². The Balaban J connectivity index is 1.58. The summed E-state index contributed by atoms with van der Waals surface area (Å²) < 4.78 is 2.49. The molecule has 1 aliphatic heterocycles. The minimum absolute atomic E-state index is 0.0404. The topological polar surface area (TPSA) is 151 Å². The summed E-state index contributed by atoms with van der Waals surface area (Å²) >= 11 is 3.39. The van der Waals surface area contributed by atoms with Crippen molar-refractivity contribution in [2.45, 2.75) is 64.1 Å². The Morgan fingerprint density at radius 2 is 1.79 bits per heavy atom. The summed E-state index contributed by atoms with van der Waals surface area (Å²) in [6.07, 6.45) is 4.64. The molecule has 1 aromatic carbocycles. The van der Waals surface area contributed by atoms with E-state index in [0.29, 0.717) is 18.6 Å². The van der Waals surface area contributed by atoms with E-state index >= 15 is 0 Å². The van der Waals surface area contributed by atoms with Crippen molar-refractivity contribution in [2.24, 2.45) is 5.92 Å². The Bertz CT molecular complexity index is 1480. The van der Waals surface area contributed by atoms with Gasteiger partial charge in [0.25, 0.3) is 11.8 Å².